The lowest BCUT2D eigenvalue weighted by molar-refractivity contribution is 0.0722. The summed E-state index contributed by atoms with van der Waals surface area (Å²) >= 11 is 0. The maximum Gasteiger partial charge on any atom is 0.258 e. The molecule has 0 atom stereocenters. The topological polar surface area (TPSA) is 58.6 Å². The number of carbonyl (C=O) groups excluding carboxylic acids is 1. The number of rotatable bonds is 6. The van der Waals surface area contributed by atoms with Crippen molar-refractivity contribution in [3.05, 3.63) is 65.4 Å². The van der Waals surface area contributed by atoms with Crippen LogP contribution in [0.25, 0.3) is 11.3 Å². The van der Waals surface area contributed by atoms with Gasteiger partial charge >= 0.3 is 0 Å². The molecule has 0 saturated carbocycles. The standard InChI is InChI=1S/C25H28F2N4O2/c1-17(2)31(16-18-6-4-3-5-7-18)24(32)22-15-28-25(30-8-10-33-11-9-30)29-23(22)19-12-20(26)14-21(27)13-19/h3-4,6,12-15,17H,5,7-11,16H2,1-2H3. The summed E-state index contributed by atoms with van der Waals surface area (Å²) < 4.78 is 33.5. The van der Waals surface area contributed by atoms with Crippen LogP contribution >= 0.6 is 0 Å². The summed E-state index contributed by atoms with van der Waals surface area (Å²) in [6, 6.07) is 3.11. The second-order valence-corrected chi connectivity index (χ2v) is 8.51. The highest BCUT2D eigenvalue weighted by Gasteiger charge is 2.26. The third-order valence-corrected chi connectivity index (χ3v) is 5.79. The SMILES string of the molecule is CC(C)N(CC1=CC=CCC1)C(=O)c1cnc(N2CCOCC2)nc1-c1cc(F)cc(F)c1. The molecule has 1 aromatic heterocycles. The zero-order valence-electron chi connectivity index (χ0n) is 18.9. The molecule has 0 unspecified atom stereocenters. The Morgan fingerprint density at radius 3 is 2.55 bits per heavy atom. The molecule has 1 aliphatic carbocycles. The van der Waals surface area contributed by atoms with Crippen molar-refractivity contribution in [2.45, 2.75) is 32.7 Å². The number of morpholine rings is 1. The number of hydrogen-bond donors (Lipinski definition) is 0. The second kappa shape index (κ2) is 10.2. The van der Waals surface area contributed by atoms with Crippen LogP contribution in [0, 0.1) is 11.6 Å². The number of allylic oxidation sites excluding steroid dienone is 3. The zero-order chi connectivity index (χ0) is 23.4. The molecule has 1 saturated heterocycles. The van der Waals surface area contributed by atoms with Crippen LogP contribution < -0.4 is 4.90 Å². The van der Waals surface area contributed by atoms with Crippen molar-refractivity contribution in [3.63, 3.8) is 0 Å². The lowest BCUT2D eigenvalue weighted by atomic mass is 10.0. The first-order valence-corrected chi connectivity index (χ1v) is 11.2. The van der Waals surface area contributed by atoms with Gasteiger partial charge in [-0.25, -0.2) is 18.7 Å². The molecule has 0 bridgehead atoms. The fourth-order valence-electron chi connectivity index (χ4n) is 4.00. The van der Waals surface area contributed by atoms with Gasteiger partial charge in [-0.1, -0.05) is 23.8 Å². The van der Waals surface area contributed by atoms with Crippen molar-refractivity contribution < 1.29 is 18.3 Å². The van der Waals surface area contributed by atoms with E-state index in [0.29, 0.717) is 38.8 Å². The second-order valence-electron chi connectivity index (χ2n) is 8.51. The average molecular weight is 455 g/mol. The predicted molar refractivity (Wildman–Crippen MR) is 123 cm³/mol. The number of hydrogen-bond acceptors (Lipinski definition) is 5. The Labute approximate surface area is 192 Å². The van der Waals surface area contributed by atoms with E-state index in [9.17, 15) is 13.6 Å². The number of ether oxygens (including phenoxy) is 1. The normalized spacial score (nSPS) is 16.2. The Hall–Kier alpha value is -3.13. The van der Waals surface area contributed by atoms with E-state index in [2.05, 4.69) is 16.0 Å². The highest BCUT2D eigenvalue weighted by atomic mass is 19.1. The van der Waals surface area contributed by atoms with E-state index in [0.717, 1.165) is 24.5 Å². The summed E-state index contributed by atoms with van der Waals surface area (Å²) in [6.45, 7) is 6.65. The van der Waals surface area contributed by atoms with Gasteiger partial charge in [0.25, 0.3) is 5.91 Å². The fourth-order valence-corrected chi connectivity index (χ4v) is 4.00. The Kier molecular flexibility index (Phi) is 7.13. The number of nitrogens with zero attached hydrogens (tertiary/aromatic N) is 4. The van der Waals surface area contributed by atoms with Crippen LogP contribution in [0.2, 0.25) is 0 Å². The van der Waals surface area contributed by atoms with Crippen molar-refractivity contribution in [2.75, 3.05) is 37.7 Å². The quantitative estimate of drug-likeness (QED) is 0.648. The number of benzene rings is 1. The molecule has 1 fully saturated rings. The van der Waals surface area contributed by atoms with Gasteiger partial charge in [-0.05, 0) is 38.8 Å². The van der Waals surface area contributed by atoms with Gasteiger partial charge in [0.05, 0.1) is 24.5 Å². The van der Waals surface area contributed by atoms with E-state index in [-0.39, 0.29) is 28.8 Å². The minimum absolute atomic E-state index is 0.0830. The van der Waals surface area contributed by atoms with Crippen molar-refractivity contribution in [1.82, 2.24) is 14.9 Å². The number of carbonyl (C=O) groups is 1. The van der Waals surface area contributed by atoms with E-state index < -0.39 is 11.6 Å². The number of halogens is 2. The van der Waals surface area contributed by atoms with Crippen LogP contribution in [-0.2, 0) is 4.74 Å². The maximum absolute atomic E-state index is 14.1. The van der Waals surface area contributed by atoms with E-state index in [1.807, 2.05) is 30.9 Å². The summed E-state index contributed by atoms with van der Waals surface area (Å²) in [7, 11) is 0. The number of anilines is 1. The lowest BCUT2D eigenvalue weighted by Gasteiger charge is -2.30. The third kappa shape index (κ3) is 5.45. The Morgan fingerprint density at radius 1 is 1.18 bits per heavy atom. The molecule has 2 aliphatic rings. The van der Waals surface area contributed by atoms with E-state index in [1.165, 1.54) is 18.3 Å². The first-order chi connectivity index (χ1) is 15.9. The van der Waals surface area contributed by atoms with Gasteiger partial charge in [-0.15, -0.1) is 0 Å². The molecule has 33 heavy (non-hydrogen) atoms. The molecule has 1 amide bonds. The predicted octanol–water partition coefficient (Wildman–Crippen LogP) is 4.39. The molecule has 0 radical (unpaired) electrons. The van der Waals surface area contributed by atoms with Crippen LogP contribution in [0.1, 0.15) is 37.0 Å². The summed E-state index contributed by atoms with van der Waals surface area (Å²) in [4.78, 5) is 26.4. The van der Waals surface area contributed by atoms with Crippen LogP contribution in [-0.4, -0.2) is 59.7 Å². The van der Waals surface area contributed by atoms with Crippen molar-refractivity contribution in [3.8, 4) is 11.3 Å². The van der Waals surface area contributed by atoms with Gasteiger partial charge < -0.3 is 14.5 Å². The van der Waals surface area contributed by atoms with Crippen LogP contribution in [0.5, 0.6) is 0 Å². The maximum atomic E-state index is 14.1. The molecule has 0 spiro atoms. The molecule has 6 nitrogen and oxygen atoms in total. The summed E-state index contributed by atoms with van der Waals surface area (Å²) in [5.41, 5.74) is 1.80. The molecule has 174 valence electrons. The summed E-state index contributed by atoms with van der Waals surface area (Å²) in [5, 5.41) is 0. The minimum Gasteiger partial charge on any atom is -0.378 e. The Morgan fingerprint density at radius 2 is 1.91 bits per heavy atom. The van der Waals surface area contributed by atoms with Gasteiger partial charge in [-0.2, -0.15) is 0 Å². The zero-order valence-corrected chi connectivity index (χ0v) is 18.9. The lowest BCUT2D eigenvalue weighted by Crippen LogP contribution is -2.40. The molecular formula is C25H28F2N4O2. The first kappa shape index (κ1) is 23.0. The molecule has 0 N–H and O–H groups in total. The van der Waals surface area contributed by atoms with Crippen LogP contribution in [0.4, 0.5) is 14.7 Å². The molecule has 2 heterocycles. The van der Waals surface area contributed by atoms with Crippen molar-refractivity contribution >= 4 is 11.9 Å². The van der Waals surface area contributed by atoms with Gasteiger partial charge in [0.1, 0.15) is 11.6 Å². The summed E-state index contributed by atoms with van der Waals surface area (Å²) in [6.07, 6.45) is 9.44. The highest BCUT2D eigenvalue weighted by Crippen LogP contribution is 2.28. The van der Waals surface area contributed by atoms with Crippen molar-refractivity contribution in [2.24, 2.45) is 0 Å². The van der Waals surface area contributed by atoms with Gasteiger partial charge in [-0.3, -0.25) is 4.79 Å². The number of amides is 1. The van der Waals surface area contributed by atoms with E-state index in [4.69, 9.17) is 4.74 Å². The van der Waals surface area contributed by atoms with E-state index in [1.54, 1.807) is 4.90 Å². The van der Waals surface area contributed by atoms with E-state index >= 15 is 0 Å². The van der Waals surface area contributed by atoms with Crippen LogP contribution in [0.15, 0.2) is 48.2 Å². The summed E-state index contributed by atoms with van der Waals surface area (Å²) in [5.74, 6) is -1.32. The van der Waals surface area contributed by atoms with Gasteiger partial charge in [0.15, 0.2) is 0 Å². The molecule has 1 aromatic carbocycles. The van der Waals surface area contributed by atoms with Gasteiger partial charge in [0, 0.05) is 43.5 Å². The largest absolute Gasteiger partial charge is 0.378 e. The molecular weight excluding hydrogens is 426 g/mol. The minimum atomic E-state index is -0.727. The highest BCUT2D eigenvalue weighted by molar-refractivity contribution is 6.00. The monoisotopic (exact) mass is 454 g/mol. The average Bonchev–Trinajstić information content (AvgIpc) is 2.82. The van der Waals surface area contributed by atoms with Gasteiger partial charge in [0.2, 0.25) is 5.95 Å². The molecule has 2 aromatic rings. The smallest absolute Gasteiger partial charge is 0.258 e. The Bertz CT molecular complexity index is 1060. The fraction of sp³-hybridized carbons (Fsp3) is 0.400. The first-order valence-electron chi connectivity index (χ1n) is 11.2. The molecule has 8 heteroatoms. The number of aromatic nitrogens is 2. The van der Waals surface area contributed by atoms with Crippen molar-refractivity contribution in [1.29, 1.82) is 0 Å². The Balaban J connectivity index is 1.75. The molecule has 1 aliphatic heterocycles. The third-order valence-electron chi connectivity index (χ3n) is 5.79. The van der Waals surface area contributed by atoms with Crippen LogP contribution in [0.3, 0.4) is 0 Å². The molecule has 4 rings (SSSR count).